The molecular formula is C16H14N2O2. The summed E-state index contributed by atoms with van der Waals surface area (Å²) in [6, 6.07) is 12.2. The first-order valence-electron chi connectivity index (χ1n) is 6.41. The summed E-state index contributed by atoms with van der Waals surface area (Å²) in [5.41, 5.74) is 3.46. The Balaban J connectivity index is 1.75. The molecule has 0 unspecified atom stereocenters. The van der Waals surface area contributed by atoms with Crippen LogP contribution in [0.1, 0.15) is 16.7 Å². The number of nitrogens with zero attached hydrogens (tertiary/aromatic N) is 2. The van der Waals surface area contributed by atoms with Crippen molar-refractivity contribution in [1.29, 1.82) is 0 Å². The van der Waals surface area contributed by atoms with Crippen molar-refractivity contribution >= 4 is 17.9 Å². The highest BCUT2D eigenvalue weighted by Crippen LogP contribution is 2.26. The van der Waals surface area contributed by atoms with E-state index in [0.29, 0.717) is 0 Å². The summed E-state index contributed by atoms with van der Waals surface area (Å²) in [4.78, 5) is 17.1. The molecule has 0 bridgehead atoms. The van der Waals surface area contributed by atoms with Gasteiger partial charge in [-0.2, -0.15) is 0 Å². The Kier molecular flexibility index (Phi) is 3.21. The van der Waals surface area contributed by atoms with Gasteiger partial charge in [0, 0.05) is 25.4 Å². The van der Waals surface area contributed by atoms with Crippen molar-refractivity contribution in [1.82, 2.24) is 4.98 Å². The summed E-state index contributed by atoms with van der Waals surface area (Å²) in [5, 5.41) is 8.59. The van der Waals surface area contributed by atoms with Crippen molar-refractivity contribution in [3.63, 3.8) is 0 Å². The lowest BCUT2D eigenvalue weighted by molar-refractivity contribution is -0.131. The quantitative estimate of drug-likeness (QED) is 0.868. The molecule has 0 fully saturated rings. The van der Waals surface area contributed by atoms with Gasteiger partial charge in [0.15, 0.2) is 0 Å². The van der Waals surface area contributed by atoms with Crippen LogP contribution in [0.25, 0.3) is 6.08 Å². The predicted octanol–water partition coefficient (Wildman–Crippen LogP) is 2.70. The van der Waals surface area contributed by atoms with Crippen LogP contribution >= 0.6 is 0 Å². The average molecular weight is 266 g/mol. The van der Waals surface area contributed by atoms with Gasteiger partial charge in [0.2, 0.25) is 0 Å². The van der Waals surface area contributed by atoms with Gasteiger partial charge in [-0.05, 0) is 34.9 Å². The molecule has 1 aromatic heterocycles. The second-order valence-corrected chi connectivity index (χ2v) is 4.75. The molecule has 4 heteroatoms. The van der Waals surface area contributed by atoms with Crippen LogP contribution in [-0.4, -0.2) is 16.1 Å². The maximum absolute atomic E-state index is 10.5. The second kappa shape index (κ2) is 5.17. The van der Waals surface area contributed by atoms with Gasteiger partial charge in [-0.15, -0.1) is 0 Å². The summed E-state index contributed by atoms with van der Waals surface area (Å²) in [7, 11) is 0. The van der Waals surface area contributed by atoms with Crippen molar-refractivity contribution in [2.75, 3.05) is 4.90 Å². The molecule has 2 heterocycles. The van der Waals surface area contributed by atoms with Gasteiger partial charge >= 0.3 is 5.97 Å². The normalized spacial score (nSPS) is 13.7. The number of aromatic nitrogens is 1. The first kappa shape index (κ1) is 12.4. The molecule has 0 amide bonds. The first-order chi connectivity index (χ1) is 9.72. The fourth-order valence-electron chi connectivity index (χ4n) is 2.35. The highest BCUT2D eigenvalue weighted by Gasteiger charge is 2.18. The number of hydrogen-bond donors (Lipinski definition) is 1. The highest BCUT2D eigenvalue weighted by atomic mass is 16.4. The number of aliphatic carboxylic acids is 1. The Morgan fingerprint density at radius 1 is 1.15 bits per heavy atom. The van der Waals surface area contributed by atoms with Gasteiger partial charge in [-0.1, -0.05) is 24.3 Å². The van der Waals surface area contributed by atoms with Gasteiger partial charge < -0.3 is 10.0 Å². The topological polar surface area (TPSA) is 53.4 Å². The zero-order valence-corrected chi connectivity index (χ0v) is 10.9. The predicted molar refractivity (Wildman–Crippen MR) is 77.2 cm³/mol. The Labute approximate surface area is 117 Å². The lowest BCUT2D eigenvalue weighted by atomic mass is 10.1. The zero-order chi connectivity index (χ0) is 13.9. The van der Waals surface area contributed by atoms with E-state index in [4.69, 9.17) is 5.11 Å². The third kappa shape index (κ3) is 2.54. The lowest BCUT2D eigenvalue weighted by Crippen LogP contribution is -2.15. The molecule has 1 N–H and O–H groups in total. The standard InChI is InChI=1S/C16H14N2O2/c19-16(20)8-6-12-5-7-15(17-9-12)18-10-13-3-1-2-4-14(13)11-18/h1-9H,10-11H2,(H,19,20)/b8-6+. The summed E-state index contributed by atoms with van der Waals surface area (Å²) < 4.78 is 0. The van der Waals surface area contributed by atoms with Crippen molar-refractivity contribution in [2.45, 2.75) is 13.1 Å². The molecule has 20 heavy (non-hydrogen) atoms. The van der Waals surface area contributed by atoms with Crippen molar-refractivity contribution in [3.05, 3.63) is 65.4 Å². The molecule has 0 saturated heterocycles. The number of fused-ring (bicyclic) bond motifs is 1. The molecule has 2 aromatic rings. The number of carboxylic acids is 1. The van der Waals surface area contributed by atoms with E-state index in [1.807, 2.05) is 12.1 Å². The number of carboxylic acid groups (broad SMARTS) is 1. The van der Waals surface area contributed by atoms with Crippen LogP contribution in [-0.2, 0) is 17.9 Å². The van der Waals surface area contributed by atoms with E-state index in [2.05, 4.69) is 34.1 Å². The Morgan fingerprint density at radius 3 is 2.40 bits per heavy atom. The maximum atomic E-state index is 10.5. The van der Waals surface area contributed by atoms with Crippen LogP contribution in [0.2, 0.25) is 0 Å². The first-order valence-corrected chi connectivity index (χ1v) is 6.41. The van der Waals surface area contributed by atoms with Crippen LogP contribution < -0.4 is 4.90 Å². The van der Waals surface area contributed by atoms with E-state index in [1.54, 1.807) is 6.20 Å². The third-order valence-electron chi connectivity index (χ3n) is 3.35. The molecule has 1 aliphatic rings. The number of pyridine rings is 1. The maximum Gasteiger partial charge on any atom is 0.328 e. The molecule has 4 nitrogen and oxygen atoms in total. The molecule has 1 aliphatic heterocycles. The Morgan fingerprint density at radius 2 is 1.85 bits per heavy atom. The van der Waals surface area contributed by atoms with E-state index in [1.165, 1.54) is 17.2 Å². The minimum Gasteiger partial charge on any atom is -0.478 e. The third-order valence-corrected chi connectivity index (χ3v) is 3.35. The van der Waals surface area contributed by atoms with E-state index >= 15 is 0 Å². The van der Waals surface area contributed by atoms with Crippen molar-refractivity contribution in [2.24, 2.45) is 0 Å². The molecule has 0 saturated carbocycles. The van der Waals surface area contributed by atoms with Crippen LogP contribution in [0.3, 0.4) is 0 Å². The zero-order valence-electron chi connectivity index (χ0n) is 10.9. The number of benzene rings is 1. The van der Waals surface area contributed by atoms with E-state index in [0.717, 1.165) is 30.5 Å². The number of anilines is 1. The van der Waals surface area contributed by atoms with Crippen molar-refractivity contribution < 1.29 is 9.90 Å². The van der Waals surface area contributed by atoms with Gasteiger partial charge in [0.1, 0.15) is 5.82 Å². The molecular weight excluding hydrogens is 252 g/mol. The number of hydrogen-bond acceptors (Lipinski definition) is 3. The van der Waals surface area contributed by atoms with E-state index in [9.17, 15) is 4.79 Å². The van der Waals surface area contributed by atoms with E-state index in [-0.39, 0.29) is 0 Å². The molecule has 0 spiro atoms. The van der Waals surface area contributed by atoms with Gasteiger partial charge in [0.25, 0.3) is 0 Å². The van der Waals surface area contributed by atoms with Gasteiger partial charge in [0.05, 0.1) is 0 Å². The minimum atomic E-state index is -0.955. The summed E-state index contributed by atoms with van der Waals surface area (Å²) in [6.45, 7) is 1.74. The van der Waals surface area contributed by atoms with Crippen molar-refractivity contribution in [3.8, 4) is 0 Å². The Bertz CT molecular complexity index is 637. The molecule has 0 atom stereocenters. The summed E-state index contributed by atoms with van der Waals surface area (Å²) in [5.74, 6) is -0.0438. The Hall–Kier alpha value is -2.62. The molecule has 100 valence electrons. The number of carbonyl (C=O) groups is 1. The summed E-state index contributed by atoms with van der Waals surface area (Å²) >= 11 is 0. The minimum absolute atomic E-state index is 0.785. The monoisotopic (exact) mass is 266 g/mol. The van der Waals surface area contributed by atoms with Crippen LogP contribution in [0.4, 0.5) is 5.82 Å². The lowest BCUT2D eigenvalue weighted by Gasteiger charge is -2.16. The van der Waals surface area contributed by atoms with Crippen LogP contribution in [0, 0.1) is 0 Å². The average Bonchev–Trinajstić information content (AvgIpc) is 2.89. The molecule has 3 rings (SSSR count). The highest BCUT2D eigenvalue weighted by molar-refractivity contribution is 5.85. The second-order valence-electron chi connectivity index (χ2n) is 4.75. The van der Waals surface area contributed by atoms with E-state index < -0.39 is 5.97 Å². The molecule has 0 radical (unpaired) electrons. The van der Waals surface area contributed by atoms with Gasteiger partial charge in [-0.3, -0.25) is 0 Å². The fraction of sp³-hybridized carbons (Fsp3) is 0.125. The SMILES string of the molecule is O=C(O)/C=C/c1ccc(N2Cc3ccccc3C2)nc1. The molecule has 0 aliphatic carbocycles. The van der Waals surface area contributed by atoms with Crippen LogP contribution in [0.15, 0.2) is 48.7 Å². The molecule has 1 aromatic carbocycles. The van der Waals surface area contributed by atoms with Crippen LogP contribution in [0.5, 0.6) is 0 Å². The number of rotatable bonds is 3. The fourth-order valence-corrected chi connectivity index (χ4v) is 2.35. The smallest absolute Gasteiger partial charge is 0.328 e. The summed E-state index contributed by atoms with van der Waals surface area (Å²) in [6.07, 6.45) is 4.35. The largest absolute Gasteiger partial charge is 0.478 e. The van der Waals surface area contributed by atoms with Gasteiger partial charge in [-0.25, -0.2) is 9.78 Å².